The Kier molecular flexibility index (Phi) is 8.60. The van der Waals surface area contributed by atoms with Gasteiger partial charge in [0, 0.05) is 20.1 Å². The molecule has 1 aromatic carbocycles. The van der Waals surface area contributed by atoms with E-state index in [1.165, 1.54) is 5.56 Å². The van der Waals surface area contributed by atoms with Gasteiger partial charge in [0.15, 0.2) is 5.96 Å². The zero-order valence-electron chi connectivity index (χ0n) is 15.8. The number of carbonyl (C=O) groups is 1. The highest BCUT2D eigenvalue weighted by molar-refractivity contribution is 5.79. The van der Waals surface area contributed by atoms with Crippen LogP contribution in [-0.4, -0.2) is 50.9 Å². The van der Waals surface area contributed by atoms with Crippen molar-refractivity contribution in [2.75, 3.05) is 33.3 Å². The number of amides is 1. The molecule has 0 heterocycles. The van der Waals surface area contributed by atoms with Crippen LogP contribution < -0.4 is 20.7 Å². The minimum atomic E-state index is -0.494. The molecule has 0 spiro atoms. The molecule has 140 valence electrons. The number of aliphatic imine (C=N–C) groups is 1. The first kappa shape index (κ1) is 20.6. The Morgan fingerprint density at radius 1 is 1.12 bits per heavy atom. The van der Waals surface area contributed by atoms with E-state index in [-0.39, 0.29) is 0 Å². The van der Waals surface area contributed by atoms with Crippen molar-refractivity contribution in [3.8, 4) is 5.75 Å². The topological polar surface area (TPSA) is 84.0 Å². The molecule has 0 aliphatic carbocycles. The van der Waals surface area contributed by atoms with Crippen molar-refractivity contribution in [3.05, 3.63) is 29.8 Å². The molecule has 0 aliphatic rings. The van der Waals surface area contributed by atoms with Gasteiger partial charge in [-0.15, -0.1) is 0 Å². The SMILES string of the molecule is CN=C(NCCNC(=O)OC(C)(C)C)NCCOc1cccc(C)c1. The van der Waals surface area contributed by atoms with Gasteiger partial charge < -0.3 is 25.4 Å². The van der Waals surface area contributed by atoms with Crippen LogP contribution in [0.2, 0.25) is 0 Å². The Hall–Kier alpha value is -2.44. The Labute approximate surface area is 150 Å². The summed E-state index contributed by atoms with van der Waals surface area (Å²) in [6.45, 7) is 9.64. The zero-order valence-corrected chi connectivity index (χ0v) is 15.8. The lowest BCUT2D eigenvalue weighted by Crippen LogP contribution is -2.43. The van der Waals surface area contributed by atoms with Gasteiger partial charge in [0.2, 0.25) is 0 Å². The molecule has 1 aromatic rings. The van der Waals surface area contributed by atoms with Crippen molar-refractivity contribution in [2.24, 2.45) is 4.99 Å². The summed E-state index contributed by atoms with van der Waals surface area (Å²) in [5, 5.41) is 8.94. The van der Waals surface area contributed by atoms with Crippen molar-refractivity contribution >= 4 is 12.1 Å². The zero-order chi connectivity index (χ0) is 18.7. The fourth-order valence-corrected chi connectivity index (χ4v) is 1.92. The van der Waals surface area contributed by atoms with Gasteiger partial charge in [-0.1, -0.05) is 12.1 Å². The van der Waals surface area contributed by atoms with Gasteiger partial charge in [-0.2, -0.15) is 0 Å². The first-order valence-corrected chi connectivity index (χ1v) is 8.41. The van der Waals surface area contributed by atoms with Crippen LogP contribution in [0.15, 0.2) is 29.3 Å². The largest absolute Gasteiger partial charge is 0.492 e. The molecule has 0 radical (unpaired) electrons. The molecule has 7 heteroatoms. The molecule has 0 aliphatic heterocycles. The number of alkyl carbamates (subject to hydrolysis) is 1. The Balaban J connectivity index is 2.15. The normalized spacial score (nSPS) is 11.6. The Morgan fingerprint density at radius 2 is 1.80 bits per heavy atom. The Bertz CT molecular complexity index is 568. The summed E-state index contributed by atoms with van der Waals surface area (Å²) in [7, 11) is 1.69. The number of benzene rings is 1. The molecule has 0 bridgehead atoms. The number of nitrogens with zero attached hydrogens (tertiary/aromatic N) is 1. The summed E-state index contributed by atoms with van der Waals surface area (Å²) in [6, 6.07) is 7.93. The number of carbonyl (C=O) groups excluding carboxylic acids is 1. The average Bonchev–Trinajstić information content (AvgIpc) is 2.51. The highest BCUT2D eigenvalue weighted by Crippen LogP contribution is 2.11. The summed E-state index contributed by atoms with van der Waals surface area (Å²) in [4.78, 5) is 15.6. The predicted octanol–water partition coefficient (Wildman–Crippen LogP) is 2.06. The fourth-order valence-electron chi connectivity index (χ4n) is 1.92. The van der Waals surface area contributed by atoms with Gasteiger partial charge in [-0.3, -0.25) is 4.99 Å². The molecule has 0 fully saturated rings. The molecule has 1 rings (SSSR count). The summed E-state index contributed by atoms with van der Waals surface area (Å²) in [5.74, 6) is 1.50. The monoisotopic (exact) mass is 350 g/mol. The number of rotatable bonds is 7. The summed E-state index contributed by atoms with van der Waals surface area (Å²) < 4.78 is 10.8. The van der Waals surface area contributed by atoms with Crippen molar-refractivity contribution in [1.29, 1.82) is 0 Å². The molecular weight excluding hydrogens is 320 g/mol. The number of hydrogen-bond donors (Lipinski definition) is 3. The van der Waals surface area contributed by atoms with E-state index in [9.17, 15) is 4.79 Å². The molecule has 3 N–H and O–H groups in total. The average molecular weight is 350 g/mol. The third-order valence-electron chi connectivity index (χ3n) is 2.96. The highest BCUT2D eigenvalue weighted by atomic mass is 16.6. The quantitative estimate of drug-likeness (QED) is 0.398. The first-order chi connectivity index (χ1) is 11.8. The smallest absolute Gasteiger partial charge is 0.407 e. The van der Waals surface area contributed by atoms with Gasteiger partial charge >= 0.3 is 6.09 Å². The molecule has 7 nitrogen and oxygen atoms in total. The van der Waals surface area contributed by atoms with E-state index < -0.39 is 11.7 Å². The van der Waals surface area contributed by atoms with Crippen LogP contribution in [-0.2, 0) is 4.74 Å². The van der Waals surface area contributed by atoms with Crippen molar-refractivity contribution < 1.29 is 14.3 Å². The molecule has 1 amide bonds. The number of aryl methyl sites for hydroxylation is 1. The summed E-state index contributed by atoms with van der Waals surface area (Å²) >= 11 is 0. The van der Waals surface area contributed by atoms with Crippen molar-refractivity contribution in [3.63, 3.8) is 0 Å². The van der Waals surface area contributed by atoms with Crippen LogP contribution in [0.5, 0.6) is 5.75 Å². The highest BCUT2D eigenvalue weighted by Gasteiger charge is 2.15. The van der Waals surface area contributed by atoms with Crippen molar-refractivity contribution in [2.45, 2.75) is 33.3 Å². The van der Waals surface area contributed by atoms with E-state index in [4.69, 9.17) is 9.47 Å². The van der Waals surface area contributed by atoms with E-state index in [2.05, 4.69) is 20.9 Å². The second-order valence-electron chi connectivity index (χ2n) is 6.52. The molecule has 0 atom stereocenters. The molecule has 0 saturated heterocycles. The second kappa shape index (κ2) is 10.4. The van der Waals surface area contributed by atoms with Crippen LogP contribution >= 0.6 is 0 Å². The van der Waals surface area contributed by atoms with E-state index in [1.807, 2.05) is 52.0 Å². The number of nitrogens with one attached hydrogen (secondary N) is 3. The maximum atomic E-state index is 11.5. The predicted molar refractivity (Wildman–Crippen MR) is 100 cm³/mol. The number of hydrogen-bond acceptors (Lipinski definition) is 4. The maximum Gasteiger partial charge on any atom is 0.407 e. The second-order valence-corrected chi connectivity index (χ2v) is 6.52. The number of guanidine groups is 1. The summed E-state index contributed by atoms with van der Waals surface area (Å²) in [6.07, 6.45) is -0.427. The Morgan fingerprint density at radius 3 is 2.44 bits per heavy atom. The molecular formula is C18H30N4O3. The van der Waals surface area contributed by atoms with Gasteiger partial charge in [0.05, 0.1) is 6.54 Å². The van der Waals surface area contributed by atoms with Crippen LogP contribution in [0.25, 0.3) is 0 Å². The van der Waals surface area contributed by atoms with Gasteiger partial charge in [0.1, 0.15) is 18.0 Å². The van der Waals surface area contributed by atoms with Crippen LogP contribution in [0.1, 0.15) is 26.3 Å². The van der Waals surface area contributed by atoms with E-state index >= 15 is 0 Å². The fraction of sp³-hybridized carbons (Fsp3) is 0.556. The van der Waals surface area contributed by atoms with Crippen molar-refractivity contribution in [1.82, 2.24) is 16.0 Å². The van der Waals surface area contributed by atoms with E-state index in [0.29, 0.717) is 32.2 Å². The van der Waals surface area contributed by atoms with Crippen LogP contribution in [0.4, 0.5) is 4.79 Å². The molecule has 0 saturated carbocycles. The van der Waals surface area contributed by atoms with Gasteiger partial charge in [-0.05, 0) is 45.4 Å². The van der Waals surface area contributed by atoms with Crippen LogP contribution in [0, 0.1) is 6.92 Å². The van der Waals surface area contributed by atoms with E-state index in [0.717, 1.165) is 5.75 Å². The van der Waals surface area contributed by atoms with E-state index in [1.54, 1.807) is 7.05 Å². The third-order valence-corrected chi connectivity index (χ3v) is 2.96. The molecule has 0 unspecified atom stereocenters. The number of ether oxygens (including phenoxy) is 2. The minimum Gasteiger partial charge on any atom is -0.492 e. The lowest BCUT2D eigenvalue weighted by molar-refractivity contribution is 0.0529. The first-order valence-electron chi connectivity index (χ1n) is 8.41. The van der Waals surface area contributed by atoms with Crippen LogP contribution in [0.3, 0.4) is 0 Å². The summed E-state index contributed by atoms with van der Waals surface area (Å²) in [5.41, 5.74) is 0.673. The third kappa shape index (κ3) is 10.1. The maximum absolute atomic E-state index is 11.5. The lowest BCUT2D eigenvalue weighted by atomic mass is 10.2. The van der Waals surface area contributed by atoms with Gasteiger partial charge in [0.25, 0.3) is 0 Å². The van der Waals surface area contributed by atoms with Gasteiger partial charge in [-0.25, -0.2) is 4.79 Å². The standard InChI is InChI=1S/C18H30N4O3/c1-14-7-6-8-15(13-14)24-12-11-21-16(19-5)20-9-10-22-17(23)25-18(2,3)4/h6-8,13H,9-12H2,1-5H3,(H,22,23)(H2,19,20,21). The molecule has 0 aromatic heterocycles. The molecule has 25 heavy (non-hydrogen) atoms. The minimum absolute atomic E-state index is 0.427. The lowest BCUT2D eigenvalue weighted by Gasteiger charge is -2.20.